The minimum Gasteiger partial charge on any atom is -0.508 e. The van der Waals surface area contributed by atoms with E-state index in [0.717, 1.165) is 0 Å². The lowest BCUT2D eigenvalue weighted by Crippen LogP contribution is -2.10. The molecule has 118 valence electrons. The number of carboxylic acid groups (broad SMARTS) is 1. The molecule has 0 amide bonds. The molecular formula is C17H20O5. The number of hydrogen-bond acceptors (Lipinski definition) is 4. The van der Waals surface area contributed by atoms with Gasteiger partial charge in [-0.1, -0.05) is 19.1 Å². The zero-order valence-electron chi connectivity index (χ0n) is 12.9. The van der Waals surface area contributed by atoms with Crippen molar-refractivity contribution >= 4 is 11.9 Å². The lowest BCUT2D eigenvalue weighted by Gasteiger charge is -2.09. The second-order valence-electron chi connectivity index (χ2n) is 4.96. The van der Waals surface area contributed by atoms with Crippen LogP contribution >= 0.6 is 0 Å². The molecule has 1 aromatic carbocycles. The van der Waals surface area contributed by atoms with Crippen molar-refractivity contribution in [3.63, 3.8) is 0 Å². The van der Waals surface area contributed by atoms with Crippen molar-refractivity contribution in [2.75, 3.05) is 0 Å². The summed E-state index contributed by atoms with van der Waals surface area (Å²) in [7, 11) is 0. The molecule has 5 heteroatoms. The van der Waals surface area contributed by atoms with Gasteiger partial charge in [-0.25, -0.2) is 9.59 Å². The van der Waals surface area contributed by atoms with Crippen LogP contribution in [0.5, 0.6) is 11.5 Å². The molecule has 0 aromatic heterocycles. The summed E-state index contributed by atoms with van der Waals surface area (Å²) >= 11 is 0. The summed E-state index contributed by atoms with van der Waals surface area (Å²) in [6.07, 6.45) is 3.98. The standard InChI is InChI=1S/C17H20O5/c1-4-13(9-11(2)16(19)20)10-12(3)17(21)22-15-7-5-14(18)6-8-15/h5-10,13,18H,4H2,1-3H3,(H,19,20). The Kier molecular flexibility index (Phi) is 6.38. The van der Waals surface area contributed by atoms with Gasteiger partial charge in [0.2, 0.25) is 0 Å². The first-order valence-electron chi connectivity index (χ1n) is 6.94. The normalized spacial score (nSPS) is 13.6. The predicted octanol–water partition coefficient (Wildman–Crippen LogP) is 3.30. The van der Waals surface area contributed by atoms with E-state index >= 15 is 0 Å². The highest BCUT2D eigenvalue weighted by molar-refractivity contribution is 5.89. The number of benzene rings is 1. The average molecular weight is 304 g/mol. The van der Waals surface area contributed by atoms with Crippen molar-refractivity contribution in [2.24, 2.45) is 5.92 Å². The predicted molar refractivity (Wildman–Crippen MR) is 82.7 cm³/mol. The average Bonchev–Trinajstić information content (AvgIpc) is 2.48. The van der Waals surface area contributed by atoms with E-state index < -0.39 is 11.9 Å². The van der Waals surface area contributed by atoms with Crippen molar-refractivity contribution in [3.05, 3.63) is 47.6 Å². The van der Waals surface area contributed by atoms with Crippen LogP contribution in [0.4, 0.5) is 0 Å². The Bertz CT molecular complexity index is 596. The van der Waals surface area contributed by atoms with E-state index in [1.54, 1.807) is 19.1 Å². The second-order valence-corrected chi connectivity index (χ2v) is 4.96. The molecule has 2 N–H and O–H groups in total. The van der Waals surface area contributed by atoms with Gasteiger partial charge in [-0.15, -0.1) is 0 Å². The fraction of sp³-hybridized carbons (Fsp3) is 0.294. The maximum atomic E-state index is 12.0. The number of carbonyl (C=O) groups is 2. The fourth-order valence-corrected chi connectivity index (χ4v) is 1.77. The van der Waals surface area contributed by atoms with E-state index in [2.05, 4.69) is 0 Å². The topological polar surface area (TPSA) is 83.8 Å². The molecule has 1 unspecified atom stereocenters. The van der Waals surface area contributed by atoms with Gasteiger partial charge in [0, 0.05) is 11.1 Å². The number of ether oxygens (including phenoxy) is 1. The molecular weight excluding hydrogens is 284 g/mol. The van der Waals surface area contributed by atoms with E-state index in [9.17, 15) is 14.7 Å². The van der Waals surface area contributed by atoms with Crippen LogP contribution in [0, 0.1) is 5.92 Å². The Labute approximate surface area is 129 Å². The van der Waals surface area contributed by atoms with Crippen molar-refractivity contribution in [1.29, 1.82) is 0 Å². The number of carboxylic acids is 1. The minimum atomic E-state index is -0.976. The third kappa shape index (κ3) is 5.44. The zero-order chi connectivity index (χ0) is 16.7. The van der Waals surface area contributed by atoms with Crippen LogP contribution in [0.25, 0.3) is 0 Å². The van der Waals surface area contributed by atoms with Gasteiger partial charge in [0.1, 0.15) is 11.5 Å². The molecule has 0 radical (unpaired) electrons. The van der Waals surface area contributed by atoms with Crippen molar-refractivity contribution in [3.8, 4) is 11.5 Å². The monoisotopic (exact) mass is 304 g/mol. The Morgan fingerprint density at radius 3 is 2.18 bits per heavy atom. The SMILES string of the molecule is CCC(C=C(C)C(=O)O)C=C(C)C(=O)Oc1ccc(O)cc1. The summed E-state index contributed by atoms with van der Waals surface area (Å²) in [5.41, 5.74) is 0.636. The van der Waals surface area contributed by atoms with Crippen molar-refractivity contribution < 1.29 is 24.5 Å². The number of aromatic hydroxyl groups is 1. The van der Waals surface area contributed by atoms with Gasteiger partial charge >= 0.3 is 11.9 Å². The van der Waals surface area contributed by atoms with Crippen LogP contribution in [0.1, 0.15) is 27.2 Å². The summed E-state index contributed by atoms with van der Waals surface area (Å²) < 4.78 is 5.17. The number of rotatable bonds is 6. The maximum absolute atomic E-state index is 12.0. The van der Waals surface area contributed by atoms with Gasteiger partial charge in [-0.3, -0.25) is 0 Å². The molecule has 0 spiro atoms. The molecule has 0 saturated heterocycles. The number of aliphatic carboxylic acids is 1. The van der Waals surface area contributed by atoms with Gasteiger partial charge in [0.15, 0.2) is 0 Å². The zero-order valence-corrected chi connectivity index (χ0v) is 12.9. The van der Waals surface area contributed by atoms with Crippen LogP contribution in [0.2, 0.25) is 0 Å². The number of hydrogen-bond donors (Lipinski definition) is 2. The van der Waals surface area contributed by atoms with Gasteiger partial charge in [-0.05, 0) is 50.5 Å². The molecule has 0 fully saturated rings. The molecule has 0 aliphatic carbocycles. The fourth-order valence-electron chi connectivity index (χ4n) is 1.77. The Morgan fingerprint density at radius 2 is 1.68 bits per heavy atom. The highest BCUT2D eigenvalue weighted by Crippen LogP contribution is 2.18. The summed E-state index contributed by atoms with van der Waals surface area (Å²) in [5.74, 6) is -1.21. The van der Waals surface area contributed by atoms with Crippen LogP contribution in [-0.4, -0.2) is 22.2 Å². The summed E-state index contributed by atoms with van der Waals surface area (Å²) in [5, 5.41) is 18.1. The van der Waals surface area contributed by atoms with Crippen molar-refractivity contribution in [1.82, 2.24) is 0 Å². The quantitative estimate of drug-likeness (QED) is 0.478. The summed E-state index contributed by atoms with van der Waals surface area (Å²) in [6, 6.07) is 5.84. The van der Waals surface area contributed by atoms with Gasteiger partial charge < -0.3 is 14.9 Å². The van der Waals surface area contributed by atoms with Gasteiger partial charge in [0.05, 0.1) is 0 Å². The van der Waals surface area contributed by atoms with Crippen LogP contribution in [0.15, 0.2) is 47.6 Å². The first kappa shape index (κ1) is 17.5. The van der Waals surface area contributed by atoms with E-state index in [4.69, 9.17) is 9.84 Å². The smallest absolute Gasteiger partial charge is 0.338 e. The van der Waals surface area contributed by atoms with E-state index in [0.29, 0.717) is 17.7 Å². The lowest BCUT2D eigenvalue weighted by atomic mass is 10.0. The van der Waals surface area contributed by atoms with Crippen LogP contribution < -0.4 is 4.74 Å². The van der Waals surface area contributed by atoms with E-state index in [1.807, 2.05) is 6.92 Å². The lowest BCUT2D eigenvalue weighted by molar-refractivity contribution is -0.132. The summed E-state index contributed by atoms with van der Waals surface area (Å²) in [6.45, 7) is 5.05. The number of phenolic OH excluding ortho intramolecular Hbond substituents is 1. The highest BCUT2D eigenvalue weighted by Gasteiger charge is 2.11. The summed E-state index contributed by atoms with van der Waals surface area (Å²) in [4.78, 5) is 22.8. The molecule has 0 saturated carbocycles. The third-order valence-electron chi connectivity index (χ3n) is 3.11. The molecule has 1 atom stereocenters. The number of phenols is 1. The first-order valence-corrected chi connectivity index (χ1v) is 6.94. The van der Waals surface area contributed by atoms with Crippen molar-refractivity contribution in [2.45, 2.75) is 27.2 Å². The van der Waals surface area contributed by atoms with Crippen LogP contribution in [0.3, 0.4) is 0 Å². The number of esters is 1. The molecule has 22 heavy (non-hydrogen) atoms. The molecule has 1 aromatic rings. The molecule has 0 aliphatic heterocycles. The molecule has 0 aliphatic rings. The van der Waals surface area contributed by atoms with Gasteiger partial charge in [-0.2, -0.15) is 0 Å². The van der Waals surface area contributed by atoms with Gasteiger partial charge in [0.25, 0.3) is 0 Å². The Morgan fingerprint density at radius 1 is 1.14 bits per heavy atom. The third-order valence-corrected chi connectivity index (χ3v) is 3.11. The van der Waals surface area contributed by atoms with E-state index in [-0.39, 0.29) is 17.2 Å². The number of carbonyl (C=O) groups excluding carboxylic acids is 1. The maximum Gasteiger partial charge on any atom is 0.338 e. The molecule has 0 bridgehead atoms. The molecule has 5 nitrogen and oxygen atoms in total. The largest absolute Gasteiger partial charge is 0.508 e. The minimum absolute atomic E-state index is 0.0902. The highest BCUT2D eigenvalue weighted by atomic mass is 16.5. The molecule has 0 heterocycles. The van der Waals surface area contributed by atoms with Crippen LogP contribution in [-0.2, 0) is 9.59 Å². The Balaban J connectivity index is 2.81. The second kappa shape index (κ2) is 8.02. The molecule has 1 rings (SSSR count). The number of allylic oxidation sites excluding steroid dienone is 2. The first-order chi connectivity index (χ1) is 10.3. The Hall–Kier alpha value is -2.56. The van der Waals surface area contributed by atoms with E-state index in [1.165, 1.54) is 31.2 Å².